The van der Waals surface area contributed by atoms with Crippen molar-refractivity contribution in [3.05, 3.63) is 65.6 Å². The van der Waals surface area contributed by atoms with Gasteiger partial charge in [0.15, 0.2) is 0 Å². The second kappa shape index (κ2) is 5.81. The zero-order chi connectivity index (χ0) is 15.5. The highest BCUT2D eigenvalue weighted by Crippen LogP contribution is 2.19. The minimum Gasteiger partial charge on any atom is -0.320 e. The zero-order valence-electron chi connectivity index (χ0n) is 11.9. The monoisotopic (exact) mass is 295 g/mol. The van der Waals surface area contributed by atoms with Crippen LogP contribution in [0.3, 0.4) is 0 Å². The van der Waals surface area contributed by atoms with Crippen LogP contribution < -0.4 is 5.32 Å². The fraction of sp³-hybridized carbons (Fsp3) is 0.0588. The van der Waals surface area contributed by atoms with Gasteiger partial charge in [0.1, 0.15) is 5.82 Å². The molecule has 110 valence electrons. The average molecular weight is 295 g/mol. The van der Waals surface area contributed by atoms with Crippen molar-refractivity contribution in [2.45, 2.75) is 6.92 Å². The van der Waals surface area contributed by atoms with Gasteiger partial charge in [-0.2, -0.15) is 5.10 Å². The summed E-state index contributed by atoms with van der Waals surface area (Å²) >= 11 is 0. The van der Waals surface area contributed by atoms with Crippen LogP contribution in [0.4, 0.5) is 10.1 Å². The van der Waals surface area contributed by atoms with Crippen molar-refractivity contribution in [3.8, 4) is 0 Å². The Hall–Kier alpha value is -2.95. The van der Waals surface area contributed by atoms with Gasteiger partial charge < -0.3 is 5.32 Å². The van der Waals surface area contributed by atoms with Gasteiger partial charge in [-0.05, 0) is 36.3 Å². The summed E-state index contributed by atoms with van der Waals surface area (Å²) in [5.41, 5.74) is 2.64. The van der Waals surface area contributed by atoms with Crippen molar-refractivity contribution in [2.24, 2.45) is 0 Å². The first-order valence-electron chi connectivity index (χ1n) is 6.81. The standard InChI is InChI=1S/C17H14FN3O/c1-11-3-2-4-14(18)17(11)20-16(22)8-6-12-5-7-13-10-19-21-15(13)9-12/h2-10H,1H3,(H,19,21)(H,20,22)/b8-6+. The maximum absolute atomic E-state index is 13.7. The molecule has 4 nitrogen and oxygen atoms in total. The third-order valence-corrected chi connectivity index (χ3v) is 3.36. The number of anilines is 1. The second-order valence-electron chi connectivity index (χ2n) is 4.97. The highest BCUT2D eigenvalue weighted by atomic mass is 19.1. The fourth-order valence-electron chi connectivity index (χ4n) is 2.19. The smallest absolute Gasteiger partial charge is 0.248 e. The van der Waals surface area contributed by atoms with E-state index in [1.54, 1.807) is 31.3 Å². The van der Waals surface area contributed by atoms with Gasteiger partial charge in [0, 0.05) is 11.5 Å². The molecule has 0 saturated heterocycles. The number of hydrogen-bond acceptors (Lipinski definition) is 2. The zero-order valence-corrected chi connectivity index (χ0v) is 11.9. The molecular formula is C17H14FN3O. The molecule has 1 amide bonds. The van der Waals surface area contributed by atoms with Crippen LogP contribution in [0.15, 0.2) is 48.7 Å². The van der Waals surface area contributed by atoms with E-state index in [9.17, 15) is 9.18 Å². The van der Waals surface area contributed by atoms with E-state index in [0.717, 1.165) is 16.5 Å². The molecular weight excluding hydrogens is 281 g/mol. The van der Waals surface area contributed by atoms with E-state index in [1.807, 2.05) is 18.2 Å². The number of aryl methyl sites for hydroxylation is 1. The van der Waals surface area contributed by atoms with Crippen molar-refractivity contribution < 1.29 is 9.18 Å². The lowest BCUT2D eigenvalue weighted by atomic mass is 10.1. The van der Waals surface area contributed by atoms with Crippen LogP contribution in [0.5, 0.6) is 0 Å². The summed E-state index contributed by atoms with van der Waals surface area (Å²) in [4.78, 5) is 11.9. The number of hydrogen-bond donors (Lipinski definition) is 2. The number of halogens is 1. The summed E-state index contributed by atoms with van der Waals surface area (Å²) in [5.74, 6) is -0.821. The summed E-state index contributed by atoms with van der Waals surface area (Å²) in [6, 6.07) is 10.4. The number of aromatic nitrogens is 2. The number of amides is 1. The third-order valence-electron chi connectivity index (χ3n) is 3.36. The van der Waals surface area contributed by atoms with Crippen LogP contribution in [0.1, 0.15) is 11.1 Å². The lowest BCUT2D eigenvalue weighted by molar-refractivity contribution is -0.111. The fourth-order valence-corrected chi connectivity index (χ4v) is 2.19. The van der Waals surface area contributed by atoms with Gasteiger partial charge in [-0.25, -0.2) is 4.39 Å². The first-order chi connectivity index (χ1) is 10.6. The molecule has 2 N–H and O–H groups in total. The van der Waals surface area contributed by atoms with Crippen LogP contribution in [0, 0.1) is 12.7 Å². The molecule has 3 rings (SSSR count). The molecule has 0 unspecified atom stereocenters. The number of aromatic amines is 1. The number of benzene rings is 2. The number of nitrogens with zero attached hydrogens (tertiary/aromatic N) is 1. The molecule has 0 spiro atoms. The van der Waals surface area contributed by atoms with E-state index < -0.39 is 5.82 Å². The lowest BCUT2D eigenvalue weighted by Gasteiger charge is -2.07. The highest BCUT2D eigenvalue weighted by molar-refractivity contribution is 6.02. The third kappa shape index (κ3) is 2.88. The predicted octanol–water partition coefficient (Wildman–Crippen LogP) is 3.66. The summed E-state index contributed by atoms with van der Waals surface area (Å²) in [6.45, 7) is 1.74. The number of carbonyl (C=O) groups excluding carboxylic acids is 1. The van der Waals surface area contributed by atoms with Crippen LogP contribution in [-0.4, -0.2) is 16.1 Å². The Morgan fingerprint density at radius 3 is 3.00 bits per heavy atom. The van der Waals surface area contributed by atoms with Gasteiger partial charge in [0.25, 0.3) is 0 Å². The van der Waals surface area contributed by atoms with Gasteiger partial charge in [-0.15, -0.1) is 0 Å². The minimum absolute atomic E-state index is 0.209. The Balaban J connectivity index is 1.76. The average Bonchev–Trinajstić information content (AvgIpc) is 2.96. The maximum Gasteiger partial charge on any atom is 0.248 e. The SMILES string of the molecule is Cc1cccc(F)c1NC(=O)/C=C/c1ccc2cn[nH]c2c1. The van der Waals surface area contributed by atoms with Crippen molar-refractivity contribution in [1.82, 2.24) is 10.2 Å². The molecule has 1 heterocycles. The Labute approximate surface area is 126 Å². The molecule has 2 aromatic carbocycles. The number of rotatable bonds is 3. The molecule has 0 bridgehead atoms. The van der Waals surface area contributed by atoms with Gasteiger partial charge in [-0.1, -0.05) is 24.3 Å². The molecule has 0 radical (unpaired) electrons. The normalized spacial score (nSPS) is 11.2. The van der Waals surface area contributed by atoms with Gasteiger partial charge in [0.2, 0.25) is 5.91 Å². The number of H-pyrrole nitrogens is 1. The van der Waals surface area contributed by atoms with Crippen molar-refractivity contribution in [2.75, 3.05) is 5.32 Å². The van der Waals surface area contributed by atoms with E-state index in [2.05, 4.69) is 15.5 Å². The van der Waals surface area contributed by atoms with Crippen molar-refractivity contribution >= 4 is 28.6 Å². The summed E-state index contributed by atoms with van der Waals surface area (Å²) in [7, 11) is 0. The summed E-state index contributed by atoms with van der Waals surface area (Å²) in [5, 5.41) is 10.4. The van der Waals surface area contributed by atoms with Gasteiger partial charge in [0.05, 0.1) is 17.4 Å². The molecule has 0 fully saturated rings. The van der Waals surface area contributed by atoms with Gasteiger partial charge >= 0.3 is 0 Å². The first kappa shape index (κ1) is 14.0. The first-order valence-corrected chi connectivity index (χ1v) is 6.81. The minimum atomic E-state index is -0.444. The molecule has 0 aliphatic heterocycles. The van der Waals surface area contributed by atoms with E-state index in [-0.39, 0.29) is 11.6 Å². The Bertz CT molecular complexity index is 847. The lowest BCUT2D eigenvalue weighted by Crippen LogP contribution is -2.10. The van der Waals surface area contributed by atoms with E-state index in [1.165, 1.54) is 12.1 Å². The Morgan fingerprint density at radius 1 is 1.32 bits per heavy atom. The number of nitrogens with one attached hydrogen (secondary N) is 2. The molecule has 0 atom stereocenters. The predicted molar refractivity (Wildman–Crippen MR) is 84.9 cm³/mol. The van der Waals surface area contributed by atoms with Crippen LogP contribution >= 0.6 is 0 Å². The second-order valence-corrected chi connectivity index (χ2v) is 4.97. The molecule has 0 aliphatic carbocycles. The molecule has 0 aliphatic rings. The van der Waals surface area contributed by atoms with Crippen molar-refractivity contribution in [3.63, 3.8) is 0 Å². The molecule has 22 heavy (non-hydrogen) atoms. The van der Waals surface area contributed by atoms with Crippen LogP contribution in [0.25, 0.3) is 17.0 Å². The van der Waals surface area contributed by atoms with E-state index >= 15 is 0 Å². The van der Waals surface area contributed by atoms with Gasteiger partial charge in [-0.3, -0.25) is 9.89 Å². The Morgan fingerprint density at radius 2 is 2.18 bits per heavy atom. The van der Waals surface area contributed by atoms with Crippen molar-refractivity contribution in [1.29, 1.82) is 0 Å². The maximum atomic E-state index is 13.7. The number of carbonyl (C=O) groups is 1. The van der Waals surface area contributed by atoms with Crippen LogP contribution in [0.2, 0.25) is 0 Å². The molecule has 5 heteroatoms. The largest absolute Gasteiger partial charge is 0.320 e. The van der Waals surface area contributed by atoms with E-state index in [0.29, 0.717) is 5.56 Å². The quantitative estimate of drug-likeness (QED) is 0.724. The van der Waals surface area contributed by atoms with E-state index in [4.69, 9.17) is 0 Å². The molecule has 1 aromatic heterocycles. The molecule has 3 aromatic rings. The summed E-state index contributed by atoms with van der Waals surface area (Å²) < 4.78 is 13.7. The summed E-state index contributed by atoms with van der Waals surface area (Å²) in [6.07, 6.45) is 4.78. The molecule has 0 saturated carbocycles. The Kier molecular flexibility index (Phi) is 3.70. The topological polar surface area (TPSA) is 57.8 Å². The highest BCUT2D eigenvalue weighted by Gasteiger charge is 2.07. The number of fused-ring (bicyclic) bond motifs is 1. The number of para-hydroxylation sites is 1. The van der Waals surface area contributed by atoms with Crippen LogP contribution in [-0.2, 0) is 4.79 Å².